The molecule has 0 aliphatic heterocycles. The van der Waals surface area contributed by atoms with E-state index in [9.17, 15) is 13.2 Å². The van der Waals surface area contributed by atoms with Gasteiger partial charge in [0.25, 0.3) is 0 Å². The van der Waals surface area contributed by atoms with E-state index >= 15 is 0 Å². The summed E-state index contributed by atoms with van der Waals surface area (Å²) in [5.41, 5.74) is 4.97. The molecule has 21 heavy (non-hydrogen) atoms. The smallest absolute Gasteiger partial charge is 0.361 e. The molecule has 5 heteroatoms. The molecule has 0 fully saturated rings. The molecule has 0 bridgehead atoms. The average Bonchev–Trinajstić information content (AvgIpc) is 3.00. The van der Waals surface area contributed by atoms with Crippen LogP contribution in [0.2, 0.25) is 0 Å². The molecular formula is C16H19F3N2. The van der Waals surface area contributed by atoms with Gasteiger partial charge in [0.1, 0.15) is 0 Å². The molecule has 1 aromatic heterocycles. The van der Waals surface area contributed by atoms with Gasteiger partial charge < -0.3 is 10.3 Å². The van der Waals surface area contributed by atoms with E-state index in [4.69, 9.17) is 0 Å². The van der Waals surface area contributed by atoms with Crippen molar-refractivity contribution in [3.8, 4) is 0 Å². The second kappa shape index (κ2) is 5.37. The van der Waals surface area contributed by atoms with Crippen molar-refractivity contribution in [3.05, 3.63) is 35.0 Å². The Morgan fingerprint density at radius 2 is 1.95 bits per heavy atom. The van der Waals surface area contributed by atoms with Crippen LogP contribution in [-0.2, 0) is 19.3 Å². The summed E-state index contributed by atoms with van der Waals surface area (Å²) in [5, 5.41) is 3.69. The summed E-state index contributed by atoms with van der Waals surface area (Å²) < 4.78 is 36.7. The predicted octanol–water partition coefficient (Wildman–Crippen LogP) is 3.74. The van der Waals surface area contributed by atoms with Gasteiger partial charge in [0.15, 0.2) is 0 Å². The van der Waals surface area contributed by atoms with E-state index in [1.54, 1.807) is 6.92 Å². The number of hydrogen-bond acceptors (Lipinski definition) is 1. The second-order valence-corrected chi connectivity index (χ2v) is 5.94. The highest BCUT2D eigenvalue weighted by Crippen LogP contribution is 2.29. The lowest BCUT2D eigenvalue weighted by atomic mass is 10.0. The number of alkyl halides is 3. The van der Waals surface area contributed by atoms with Crippen molar-refractivity contribution in [3.63, 3.8) is 0 Å². The third-order valence-corrected chi connectivity index (χ3v) is 4.16. The van der Waals surface area contributed by atoms with E-state index in [0.717, 1.165) is 29.3 Å². The highest BCUT2D eigenvalue weighted by Gasteiger charge is 2.27. The molecule has 2 N–H and O–H groups in total. The van der Waals surface area contributed by atoms with Crippen LogP contribution in [0.3, 0.4) is 0 Å². The van der Waals surface area contributed by atoms with Crippen LogP contribution in [0.25, 0.3) is 10.9 Å². The lowest BCUT2D eigenvalue weighted by molar-refractivity contribution is -0.126. The first kappa shape index (κ1) is 14.4. The van der Waals surface area contributed by atoms with Crippen LogP contribution in [0, 0.1) is 0 Å². The molecule has 0 spiro atoms. The summed E-state index contributed by atoms with van der Waals surface area (Å²) in [6, 6.07) is 4.19. The van der Waals surface area contributed by atoms with Crippen LogP contribution in [0.4, 0.5) is 13.2 Å². The first-order valence-electron chi connectivity index (χ1n) is 7.34. The molecule has 1 aromatic carbocycles. The molecule has 0 saturated heterocycles. The molecule has 3 rings (SSSR count). The SMILES string of the molecule is CC(Cc1c[nH]c2cc3c(cc12)CCC3)NCC(F)(F)F. The van der Waals surface area contributed by atoms with Gasteiger partial charge in [0.2, 0.25) is 0 Å². The van der Waals surface area contributed by atoms with Gasteiger partial charge in [-0.25, -0.2) is 0 Å². The number of aromatic amines is 1. The first-order valence-corrected chi connectivity index (χ1v) is 7.34. The van der Waals surface area contributed by atoms with Crippen LogP contribution in [0.1, 0.15) is 30.0 Å². The normalized spacial score (nSPS) is 16.4. The predicted molar refractivity (Wildman–Crippen MR) is 77.5 cm³/mol. The topological polar surface area (TPSA) is 27.8 Å². The van der Waals surface area contributed by atoms with E-state index in [1.807, 2.05) is 6.20 Å². The van der Waals surface area contributed by atoms with E-state index in [1.165, 1.54) is 17.5 Å². The van der Waals surface area contributed by atoms with Crippen LogP contribution >= 0.6 is 0 Å². The largest absolute Gasteiger partial charge is 0.401 e. The zero-order chi connectivity index (χ0) is 15.0. The summed E-state index contributed by atoms with van der Waals surface area (Å²) >= 11 is 0. The van der Waals surface area contributed by atoms with Crippen LogP contribution in [0.5, 0.6) is 0 Å². The van der Waals surface area contributed by atoms with Gasteiger partial charge in [0, 0.05) is 23.1 Å². The Hall–Kier alpha value is -1.49. The number of rotatable bonds is 4. The van der Waals surface area contributed by atoms with Crippen molar-refractivity contribution < 1.29 is 13.2 Å². The number of hydrogen-bond donors (Lipinski definition) is 2. The monoisotopic (exact) mass is 296 g/mol. The summed E-state index contributed by atoms with van der Waals surface area (Å²) in [4.78, 5) is 3.25. The Morgan fingerprint density at radius 1 is 1.24 bits per heavy atom. The van der Waals surface area contributed by atoms with E-state index < -0.39 is 12.7 Å². The highest BCUT2D eigenvalue weighted by atomic mass is 19.4. The number of halogens is 3. The fourth-order valence-corrected chi connectivity index (χ4v) is 3.11. The number of fused-ring (bicyclic) bond motifs is 2. The van der Waals surface area contributed by atoms with E-state index in [0.29, 0.717) is 6.42 Å². The minimum absolute atomic E-state index is 0.209. The molecule has 2 nitrogen and oxygen atoms in total. The van der Waals surface area contributed by atoms with E-state index in [2.05, 4.69) is 22.4 Å². The molecule has 1 unspecified atom stereocenters. The second-order valence-electron chi connectivity index (χ2n) is 5.94. The van der Waals surface area contributed by atoms with Crippen LogP contribution in [-0.4, -0.2) is 23.7 Å². The summed E-state index contributed by atoms with van der Waals surface area (Å²) in [6.07, 6.45) is 1.79. The van der Waals surface area contributed by atoms with Gasteiger partial charge in [-0.3, -0.25) is 0 Å². The maximum atomic E-state index is 12.2. The van der Waals surface area contributed by atoms with Crippen molar-refractivity contribution in [1.82, 2.24) is 10.3 Å². The molecule has 114 valence electrons. The molecule has 0 amide bonds. The molecule has 2 aromatic rings. The lowest BCUT2D eigenvalue weighted by Crippen LogP contribution is -2.36. The van der Waals surface area contributed by atoms with Crippen molar-refractivity contribution >= 4 is 10.9 Å². The van der Waals surface area contributed by atoms with Crippen molar-refractivity contribution in [2.24, 2.45) is 0 Å². The Balaban J connectivity index is 1.75. The number of nitrogens with one attached hydrogen (secondary N) is 2. The van der Waals surface area contributed by atoms with Gasteiger partial charge in [-0.2, -0.15) is 13.2 Å². The first-order chi connectivity index (χ1) is 9.92. The fraction of sp³-hybridized carbons (Fsp3) is 0.500. The molecule has 1 aliphatic carbocycles. The molecule has 1 aliphatic rings. The molecule has 0 radical (unpaired) electrons. The minimum Gasteiger partial charge on any atom is -0.361 e. The maximum absolute atomic E-state index is 12.2. The number of aromatic nitrogens is 1. The zero-order valence-electron chi connectivity index (χ0n) is 12.0. The number of benzene rings is 1. The highest BCUT2D eigenvalue weighted by molar-refractivity contribution is 5.85. The molecular weight excluding hydrogens is 277 g/mol. The summed E-state index contributed by atoms with van der Waals surface area (Å²) in [5.74, 6) is 0. The Kier molecular flexibility index (Phi) is 3.69. The lowest BCUT2D eigenvalue weighted by Gasteiger charge is -2.15. The molecule has 1 atom stereocenters. The number of H-pyrrole nitrogens is 1. The van der Waals surface area contributed by atoms with Gasteiger partial charge in [0.05, 0.1) is 6.54 Å². The third-order valence-electron chi connectivity index (χ3n) is 4.16. The van der Waals surface area contributed by atoms with Gasteiger partial charge in [-0.05, 0) is 61.4 Å². The van der Waals surface area contributed by atoms with Gasteiger partial charge in [-0.15, -0.1) is 0 Å². The maximum Gasteiger partial charge on any atom is 0.401 e. The average molecular weight is 296 g/mol. The van der Waals surface area contributed by atoms with Crippen molar-refractivity contribution in [2.45, 2.75) is 44.8 Å². The molecule has 1 heterocycles. The standard InChI is InChI=1S/C16H19F3N2/c1-10(21-9-16(17,18)19)5-13-8-20-15-7-12-4-2-3-11(12)6-14(13)15/h6-8,10,20-21H,2-5,9H2,1H3. The summed E-state index contributed by atoms with van der Waals surface area (Å²) in [6.45, 7) is 0.851. The van der Waals surface area contributed by atoms with Crippen molar-refractivity contribution in [2.75, 3.05) is 6.54 Å². The van der Waals surface area contributed by atoms with Gasteiger partial charge >= 0.3 is 6.18 Å². The van der Waals surface area contributed by atoms with Crippen LogP contribution < -0.4 is 5.32 Å². The quantitative estimate of drug-likeness (QED) is 0.884. The van der Waals surface area contributed by atoms with Crippen molar-refractivity contribution in [1.29, 1.82) is 0 Å². The summed E-state index contributed by atoms with van der Waals surface area (Å²) in [7, 11) is 0. The minimum atomic E-state index is -4.16. The Bertz CT molecular complexity index is 643. The van der Waals surface area contributed by atoms with Gasteiger partial charge in [-0.1, -0.05) is 0 Å². The zero-order valence-corrected chi connectivity index (χ0v) is 12.0. The van der Waals surface area contributed by atoms with E-state index in [-0.39, 0.29) is 6.04 Å². The van der Waals surface area contributed by atoms with Crippen LogP contribution in [0.15, 0.2) is 18.3 Å². The Morgan fingerprint density at radius 3 is 2.67 bits per heavy atom. The Labute approximate surface area is 121 Å². The number of aryl methyl sites for hydroxylation is 2. The fourth-order valence-electron chi connectivity index (χ4n) is 3.11. The molecule has 0 saturated carbocycles. The third kappa shape index (κ3) is 3.23.